The van der Waals surface area contributed by atoms with Gasteiger partial charge in [-0.2, -0.15) is 0 Å². The van der Waals surface area contributed by atoms with E-state index < -0.39 is 0 Å². The largest absolute Gasteiger partial charge is 0.493 e. The molecule has 0 fully saturated rings. The predicted molar refractivity (Wildman–Crippen MR) is 84.2 cm³/mol. The van der Waals surface area contributed by atoms with Crippen LogP contribution in [0.3, 0.4) is 0 Å². The first-order chi connectivity index (χ1) is 10.2. The molecule has 0 saturated heterocycles. The Balaban J connectivity index is 2.02. The minimum atomic E-state index is 0.622. The lowest BCUT2D eigenvalue weighted by atomic mass is 10.2. The van der Waals surface area contributed by atoms with Gasteiger partial charge < -0.3 is 19.4 Å². The standard InChI is InChI=1S/C16H19N3O2/c1-19(2)6-7-21-16-9-14-11(8-15(16)20-3)12-10-17-5-4-13(12)18-14/h4-5,8-10,18H,6-7H2,1-3H3. The van der Waals surface area contributed by atoms with Gasteiger partial charge in [-0.3, -0.25) is 4.98 Å². The van der Waals surface area contributed by atoms with E-state index in [-0.39, 0.29) is 0 Å². The molecule has 3 rings (SSSR count). The van der Waals surface area contributed by atoms with Crippen LogP contribution in [0, 0.1) is 0 Å². The zero-order chi connectivity index (χ0) is 14.8. The number of pyridine rings is 1. The summed E-state index contributed by atoms with van der Waals surface area (Å²) in [5, 5.41) is 2.18. The summed E-state index contributed by atoms with van der Waals surface area (Å²) >= 11 is 0. The van der Waals surface area contributed by atoms with Crippen molar-refractivity contribution in [2.24, 2.45) is 0 Å². The molecule has 0 bridgehead atoms. The lowest BCUT2D eigenvalue weighted by Crippen LogP contribution is -2.19. The maximum atomic E-state index is 5.84. The van der Waals surface area contributed by atoms with Crippen LogP contribution in [-0.2, 0) is 0 Å². The number of methoxy groups -OCH3 is 1. The predicted octanol–water partition coefficient (Wildman–Crippen LogP) is 2.67. The molecule has 0 spiro atoms. The molecule has 0 aliphatic heterocycles. The van der Waals surface area contributed by atoms with Crippen molar-refractivity contribution >= 4 is 21.8 Å². The summed E-state index contributed by atoms with van der Waals surface area (Å²) in [6, 6.07) is 5.96. The molecule has 0 radical (unpaired) electrons. The molecule has 0 amide bonds. The highest BCUT2D eigenvalue weighted by atomic mass is 16.5. The molecule has 0 aliphatic carbocycles. The van der Waals surface area contributed by atoms with Crippen molar-refractivity contribution in [3.63, 3.8) is 0 Å². The molecule has 2 heterocycles. The number of ether oxygens (including phenoxy) is 2. The molecule has 110 valence electrons. The van der Waals surface area contributed by atoms with Crippen molar-refractivity contribution in [2.75, 3.05) is 34.4 Å². The molecule has 0 aliphatic rings. The second kappa shape index (κ2) is 5.61. The molecule has 1 N–H and O–H groups in total. The number of nitrogens with one attached hydrogen (secondary N) is 1. The van der Waals surface area contributed by atoms with Gasteiger partial charge in [0, 0.05) is 41.3 Å². The second-order valence-corrected chi connectivity index (χ2v) is 5.25. The van der Waals surface area contributed by atoms with Crippen LogP contribution >= 0.6 is 0 Å². The highest BCUT2D eigenvalue weighted by molar-refractivity contribution is 6.07. The topological polar surface area (TPSA) is 50.4 Å². The van der Waals surface area contributed by atoms with Gasteiger partial charge in [-0.25, -0.2) is 0 Å². The first-order valence-corrected chi connectivity index (χ1v) is 6.90. The van der Waals surface area contributed by atoms with E-state index in [0.717, 1.165) is 39.8 Å². The summed E-state index contributed by atoms with van der Waals surface area (Å²) in [7, 11) is 5.70. The smallest absolute Gasteiger partial charge is 0.163 e. The van der Waals surface area contributed by atoms with E-state index in [1.54, 1.807) is 13.3 Å². The summed E-state index contributed by atoms with van der Waals surface area (Å²) in [5.41, 5.74) is 2.09. The van der Waals surface area contributed by atoms with Gasteiger partial charge in [0.25, 0.3) is 0 Å². The Morgan fingerprint density at radius 3 is 2.76 bits per heavy atom. The number of H-pyrrole nitrogens is 1. The second-order valence-electron chi connectivity index (χ2n) is 5.25. The van der Waals surface area contributed by atoms with E-state index in [1.807, 2.05) is 38.5 Å². The van der Waals surface area contributed by atoms with Crippen LogP contribution in [0.4, 0.5) is 0 Å². The van der Waals surface area contributed by atoms with E-state index in [2.05, 4.69) is 14.9 Å². The number of benzene rings is 1. The number of aromatic nitrogens is 2. The number of nitrogens with zero attached hydrogens (tertiary/aromatic N) is 2. The molecule has 1 aromatic carbocycles. The van der Waals surface area contributed by atoms with Gasteiger partial charge in [-0.15, -0.1) is 0 Å². The Labute approximate surface area is 123 Å². The maximum Gasteiger partial charge on any atom is 0.163 e. The Hall–Kier alpha value is -2.27. The van der Waals surface area contributed by atoms with Crippen LogP contribution < -0.4 is 9.47 Å². The lowest BCUT2D eigenvalue weighted by Gasteiger charge is -2.13. The number of fused-ring (bicyclic) bond motifs is 3. The maximum absolute atomic E-state index is 5.84. The average molecular weight is 285 g/mol. The average Bonchev–Trinajstić information content (AvgIpc) is 2.83. The van der Waals surface area contributed by atoms with Crippen LogP contribution in [0.25, 0.3) is 21.8 Å². The number of hydrogen-bond donors (Lipinski definition) is 1. The Bertz CT molecular complexity index is 765. The number of hydrogen-bond acceptors (Lipinski definition) is 4. The number of rotatable bonds is 5. The van der Waals surface area contributed by atoms with E-state index in [0.29, 0.717) is 6.61 Å². The minimum Gasteiger partial charge on any atom is -0.493 e. The van der Waals surface area contributed by atoms with Gasteiger partial charge in [0.2, 0.25) is 0 Å². The number of likely N-dealkylation sites (N-methyl/N-ethyl adjacent to an activating group) is 1. The summed E-state index contributed by atoms with van der Waals surface area (Å²) in [4.78, 5) is 9.65. The monoisotopic (exact) mass is 285 g/mol. The third-order valence-electron chi connectivity index (χ3n) is 3.48. The van der Waals surface area contributed by atoms with E-state index >= 15 is 0 Å². The van der Waals surface area contributed by atoms with E-state index in [4.69, 9.17) is 9.47 Å². The van der Waals surface area contributed by atoms with Crippen molar-refractivity contribution in [1.29, 1.82) is 0 Å². The van der Waals surface area contributed by atoms with Crippen molar-refractivity contribution in [3.05, 3.63) is 30.6 Å². The normalized spacial score (nSPS) is 11.4. The van der Waals surface area contributed by atoms with Crippen molar-refractivity contribution in [3.8, 4) is 11.5 Å². The molecule has 2 aromatic heterocycles. The first kappa shape index (κ1) is 13.7. The highest BCUT2D eigenvalue weighted by Gasteiger charge is 2.11. The quantitative estimate of drug-likeness (QED) is 0.783. The molecular formula is C16H19N3O2. The summed E-state index contributed by atoms with van der Waals surface area (Å²) in [6.45, 7) is 1.48. The zero-order valence-corrected chi connectivity index (χ0v) is 12.5. The zero-order valence-electron chi connectivity index (χ0n) is 12.5. The summed E-state index contributed by atoms with van der Waals surface area (Å²) in [6.07, 6.45) is 3.64. The van der Waals surface area contributed by atoms with Gasteiger partial charge >= 0.3 is 0 Å². The van der Waals surface area contributed by atoms with Crippen molar-refractivity contribution in [2.45, 2.75) is 0 Å². The molecule has 0 saturated carbocycles. The van der Waals surface area contributed by atoms with Crippen molar-refractivity contribution in [1.82, 2.24) is 14.9 Å². The first-order valence-electron chi connectivity index (χ1n) is 6.90. The molecular weight excluding hydrogens is 266 g/mol. The molecule has 5 nitrogen and oxygen atoms in total. The van der Waals surface area contributed by atoms with Crippen LogP contribution in [0.1, 0.15) is 0 Å². The fraction of sp³-hybridized carbons (Fsp3) is 0.312. The molecule has 3 aromatic rings. The highest BCUT2D eigenvalue weighted by Crippen LogP contribution is 2.35. The Morgan fingerprint density at radius 2 is 2.00 bits per heavy atom. The van der Waals surface area contributed by atoms with Crippen molar-refractivity contribution < 1.29 is 9.47 Å². The molecule has 5 heteroatoms. The van der Waals surface area contributed by atoms with Crippen LogP contribution in [0.5, 0.6) is 11.5 Å². The SMILES string of the molecule is COc1cc2c(cc1OCCN(C)C)[nH]c1ccncc12. The molecule has 21 heavy (non-hydrogen) atoms. The van der Waals surface area contributed by atoms with Gasteiger partial charge in [0.05, 0.1) is 12.6 Å². The van der Waals surface area contributed by atoms with Crippen LogP contribution in [-0.4, -0.2) is 49.2 Å². The van der Waals surface area contributed by atoms with Gasteiger partial charge in [-0.1, -0.05) is 0 Å². The third-order valence-corrected chi connectivity index (χ3v) is 3.48. The Kier molecular flexibility index (Phi) is 3.66. The Morgan fingerprint density at radius 1 is 1.14 bits per heavy atom. The molecule has 0 unspecified atom stereocenters. The van der Waals surface area contributed by atoms with E-state index in [9.17, 15) is 0 Å². The van der Waals surface area contributed by atoms with Gasteiger partial charge in [-0.05, 0) is 26.2 Å². The summed E-state index contributed by atoms with van der Waals surface area (Å²) < 4.78 is 11.3. The number of aromatic amines is 1. The summed E-state index contributed by atoms with van der Waals surface area (Å²) in [5.74, 6) is 1.50. The molecule has 0 atom stereocenters. The van der Waals surface area contributed by atoms with E-state index in [1.165, 1.54) is 0 Å². The van der Waals surface area contributed by atoms with Gasteiger partial charge in [0.1, 0.15) is 6.61 Å². The van der Waals surface area contributed by atoms with Crippen LogP contribution in [0.15, 0.2) is 30.6 Å². The van der Waals surface area contributed by atoms with Gasteiger partial charge in [0.15, 0.2) is 11.5 Å². The lowest BCUT2D eigenvalue weighted by molar-refractivity contribution is 0.251. The minimum absolute atomic E-state index is 0.622. The van der Waals surface area contributed by atoms with Crippen LogP contribution in [0.2, 0.25) is 0 Å². The fourth-order valence-corrected chi connectivity index (χ4v) is 2.36. The fourth-order valence-electron chi connectivity index (χ4n) is 2.36. The third kappa shape index (κ3) is 2.64.